The van der Waals surface area contributed by atoms with E-state index >= 15 is 0 Å². The van der Waals surface area contributed by atoms with Crippen LogP contribution in [-0.4, -0.2) is 14.2 Å². The molecule has 6 heteroatoms. The lowest BCUT2D eigenvalue weighted by atomic mass is 10.3. The average Bonchev–Trinajstić information content (AvgIpc) is 2.48. The molecule has 0 aliphatic rings. The fraction of sp³-hybridized carbons (Fsp3) is 0.143. The predicted octanol–water partition coefficient (Wildman–Crippen LogP) is 2.75. The van der Waals surface area contributed by atoms with Gasteiger partial charge >= 0.3 is 0 Å². The number of para-hydroxylation sites is 4. The summed E-state index contributed by atoms with van der Waals surface area (Å²) in [6.07, 6.45) is 0. The minimum atomic E-state index is -2.39. The van der Waals surface area contributed by atoms with Crippen LogP contribution >= 0.6 is 8.60 Å². The van der Waals surface area contributed by atoms with Gasteiger partial charge in [0.15, 0.2) is 23.0 Å². The SMILES string of the molecule is COc1ccccc1OP([O-])Oc1ccccc1OC. The van der Waals surface area contributed by atoms with E-state index in [2.05, 4.69) is 0 Å². The molecule has 0 amide bonds. The van der Waals surface area contributed by atoms with E-state index in [0.29, 0.717) is 23.0 Å². The molecule has 2 aromatic rings. The first-order valence-electron chi connectivity index (χ1n) is 5.84. The van der Waals surface area contributed by atoms with Crippen LogP contribution in [-0.2, 0) is 0 Å². The first-order chi connectivity index (χ1) is 9.74. The molecule has 20 heavy (non-hydrogen) atoms. The van der Waals surface area contributed by atoms with Crippen LogP contribution in [0.4, 0.5) is 0 Å². The number of hydrogen-bond donors (Lipinski definition) is 0. The number of methoxy groups -OCH3 is 2. The highest BCUT2D eigenvalue weighted by Crippen LogP contribution is 2.40. The molecular formula is C14H14O5P-. The zero-order valence-electron chi connectivity index (χ0n) is 11.1. The Morgan fingerprint density at radius 3 is 1.40 bits per heavy atom. The number of rotatable bonds is 6. The Bertz CT molecular complexity index is 511. The van der Waals surface area contributed by atoms with Gasteiger partial charge in [-0.05, 0) is 24.3 Å². The Morgan fingerprint density at radius 1 is 0.700 bits per heavy atom. The Morgan fingerprint density at radius 2 is 1.05 bits per heavy atom. The highest BCUT2D eigenvalue weighted by Gasteiger charge is 2.09. The quantitative estimate of drug-likeness (QED) is 0.766. The molecule has 0 aromatic heterocycles. The van der Waals surface area contributed by atoms with Crippen LogP contribution in [0.5, 0.6) is 23.0 Å². The van der Waals surface area contributed by atoms with E-state index in [1.807, 2.05) is 0 Å². The summed E-state index contributed by atoms with van der Waals surface area (Å²) in [4.78, 5) is 11.9. The summed E-state index contributed by atoms with van der Waals surface area (Å²) in [6.45, 7) is 0. The molecule has 0 bridgehead atoms. The molecule has 106 valence electrons. The zero-order valence-corrected chi connectivity index (χ0v) is 12.0. The van der Waals surface area contributed by atoms with Crippen molar-refractivity contribution in [1.29, 1.82) is 0 Å². The summed E-state index contributed by atoms with van der Waals surface area (Å²) < 4.78 is 20.7. The van der Waals surface area contributed by atoms with Crippen LogP contribution in [0.25, 0.3) is 0 Å². The fourth-order valence-corrected chi connectivity index (χ4v) is 2.23. The topological polar surface area (TPSA) is 60.0 Å². The van der Waals surface area contributed by atoms with Crippen molar-refractivity contribution in [3.63, 3.8) is 0 Å². The van der Waals surface area contributed by atoms with Gasteiger partial charge < -0.3 is 23.4 Å². The van der Waals surface area contributed by atoms with E-state index in [4.69, 9.17) is 18.5 Å². The molecule has 0 heterocycles. The third kappa shape index (κ3) is 3.53. The van der Waals surface area contributed by atoms with E-state index in [1.165, 1.54) is 14.2 Å². The Hall–Kier alpha value is -1.97. The molecule has 5 nitrogen and oxygen atoms in total. The van der Waals surface area contributed by atoms with Crippen LogP contribution in [0.1, 0.15) is 0 Å². The number of benzene rings is 2. The van der Waals surface area contributed by atoms with Gasteiger partial charge in [-0.3, -0.25) is 0 Å². The Labute approximate surface area is 118 Å². The van der Waals surface area contributed by atoms with Gasteiger partial charge in [-0.1, -0.05) is 24.3 Å². The largest absolute Gasteiger partial charge is 0.765 e. The van der Waals surface area contributed by atoms with Crippen LogP contribution in [0.3, 0.4) is 0 Å². The number of ether oxygens (including phenoxy) is 2. The Balaban J connectivity index is 2.07. The van der Waals surface area contributed by atoms with Crippen LogP contribution < -0.4 is 23.4 Å². The second kappa shape index (κ2) is 6.98. The molecular weight excluding hydrogens is 279 g/mol. The average molecular weight is 293 g/mol. The van der Waals surface area contributed by atoms with E-state index in [9.17, 15) is 4.89 Å². The van der Waals surface area contributed by atoms with Crippen molar-refractivity contribution in [2.24, 2.45) is 0 Å². The molecule has 2 aromatic carbocycles. The summed E-state index contributed by atoms with van der Waals surface area (Å²) >= 11 is 0. The molecule has 0 saturated heterocycles. The second-order valence-electron chi connectivity index (χ2n) is 3.71. The minimum Gasteiger partial charge on any atom is -0.765 e. The van der Waals surface area contributed by atoms with Crippen molar-refractivity contribution in [1.82, 2.24) is 0 Å². The van der Waals surface area contributed by atoms with Crippen molar-refractivity contribution in [3.05, 3.63) is 48.5 Å². The van der Waals surface area contributed by atoms with Crippen LogP contribution in [0.15, 0.2) is 48.5 Å². The summed E-state index contributed by atoms with van der Waals surface area (Å²) in [5.74, 6) is 1.68. The van der Waals surface area contributed by atoms with Crippen molar-refractivity contribution in [2.75, 3.05) is 14.2 Å². The van der Waals surface area contributed by atoms with Gasteiger partial charge in [0, 0.05) is 0 Å². The Kier molecular flexibility index (Phi) is 5.04. The molecule has 0 radical (unpaired) electrons. The van der Waals surface area contributed by atoms with Crippen molar-refractivity contribution >= 4 is 8.60 Å². The summed E-state index contributed by atoms with van der Waals surface area (Å²) in [7, 11) is 0.634. The van der Waals surface area contributed by atoms with Crippen LogP contribution in [0.2, 0.25) is 0 Å². The standard InChI is InChI=1S/C14H14O5P/c1-16-11-7-3-5-9-13(11)18-20(15)19-14-10-6-4-8-12(14)17-2/h3-10H,1-2H3/q-1. The summed E-state index contributed by atoms with van der Waals surface area (Å²) in [6, 6.07) is 13.8. The van der Waals surface area contributed by atoms with E-state index in [1.54, 1.807) is 48.5 Å². The first kappa shape index (κ1) is 14.4. The molecule has 2 rings (SSSR count). The highest BCUT2D eigenvalue weighted by atomic mass is 31.2. The predicted molar refractivity (Wildman–Crippen MR) is 74.2 cm³/mol. The molecule has 0 fully saturated rings. The monoisotopic (exact) mass is 293 g/mol. The molecule has 0 spiro atoms. The minimum absolute atomic E-state index is 0.353. The molecule has 0 aliphatic heterocycles. The number of hydrogen-bond acceptors (Lipinski definition) is 5. The van der Waals surface area contributed by atoms with E-state index < -0.39 is 8.60 Å². The lowest BCUT2D eigenvalue weighted by Gasteiger charge is -2.24. The van der Waals surface area contributed by atoms with Gasteiger partial charge in [-0.25, -0.2) is 0 Å². The maximum absolute atomic E-state index is 11.9. The fourth-order valence-electron chi connectivity index (χ4n) is 1.57. The second-order valence-corrected chi connectivity index (χ2v) is 4.52. The van der Waals surface area contributed by atoms with Gasteiger partial charge in [0.1, 0.15) is 0 Å². The molecule has 0 aliphatic carbocycles. The van der Waals surface area contributed by atoms with E-state index in [-0.39, 0.29) is 0 Å². The maximum atomic E-state index is 11.9. The lowest BCUT2D eigenvalue weighted by molar-refractivity contribution is -0.189. The van der Waals surface area contributed by atoms with Gasteiger partial charge in [0.05, 0.1) is 14.2 Å². The smallest absolute Gasteiger partial charge is 0.210 e. The van der Waals surface area contributed by atoms with E-state index in [0.717, 1.165) is 0 Å². The zero-order chi connectivity index (χ0) is 14.4. The lowest BCUT2D eigenvalue weighted by Crippen LogP contribution is -2.08. The third-order valence-electron chi connectivity index (χ3n) is 2.48. The molecule has 0 atom stereocenters. The van der Waals surface area contributed by atoms with Gasteiger partial charge in [0.2, 0.25) is 8.60 Å². The maximum Gasteiger partial charge on any atom is 0.210 e. The van der Waals surface area contributed by atoms with Crippen molar-refractivity contribution in [3.8, 4) is 23.0 Å². The molecule has 0 unspecified atom stereocenters. The summed E-state index contributed by atoms with van der Waals surface area (Å²) in [5.41, 5.74) is 0. The summed E-state index contributed by atoms with van der Waals surface area (Å²) in [5, 5.41) is 0. The van der Waals surface area contributed by atoms with Crippen molar-refractivity contribution < 1.29 is 23.4 Å². The van der Waals surface area contributed by atoms with Gasteiger partial charge in [0.25, 0.3) is 0 Å². The van der Waals surface area contributed by atoms with Gasteiger partial charge in [-0.15, -0.1) is 0 Å². The third-order valence-corrected chi connectivity index (χ3v) is 3.18. The highest BCUT2D eigenvalue weighted by molar-refractivity contribution is 7.40. The molecule has 0 N–H and O–H groups in total. The van der Waals surface area contributed by atoms with Crippen molar-refractivity contribution in [2.45, 2.75) is 0 Å². The normalized spacial score (nSPS) is 10.2. The molecule has 0 saturated carbocycles. The van der Waals surface area contributed by atoms with Crippen LogP contribution in [0, 0.1) is 0 Å². The first-order valence-corrected chi connectivity index (χ1v) is 6.93. The van der Waals surface area contributed by atoms with Gasteiger partial charge in [-0.2, -0.15) is 0 Å².